The number of aromatic nitrogens is 1. The first-order chi connectivity index (χ1) is 7.70. The van der Waals surface area contributed by atoms with E-state index in [4.69, 9.17) is 0 Å². The molecule has 16 heavy (non-hydrogen) atoms. The van der Waals surface area contributed by atoms with Crippen molar-refractivity contribution in [2.24, 2.45) is 5.92 Å². The predicted molar refractivity (Wildman–Crippen MR) is 68.0 cm³/mol. The van der Waals surface area contributed by atoms with Crippen molar-refractivity contribution < 1.29 is 0 Å². The Balaban J connectivity index is 2.08. The van der Waals surface area contributed by atoms with Crippen LogP contribution in [0.25, 0.3) is 0 Å². The number of nitrogens with one attached hydrogen (secondary N) is 1. The summed E-state index contributed by atoms with van der Waals surface area (Å²) in [5.74, 6) is 0.783. The molecule has 3 heteroatoms. The van der Waals surface area contributed by atoms with Crippen LogP contribution in [0.5, 0.6) is 0 Å². The van der Waals surface area contributed by atoms with Gasteiger partial charge in [0.15, 0.2) is 0 Å². The predicted octanol–water partition coefficient (Wildman–Crippen LogP) is 1.74. The van der Waals surface area contributed by atoms with Crippen molar-refractivity contribution in [2.45, 2.75) is 20.3 Å². The maximum absolute atomic E-state index is 4.53. The summed E-state index contributed by atoms with van der Waals surface area (Å²) in [5, 5.41) is 3.26. The van der Waals surface area contributed by atoms with Crippen molar-refractivity contribution in [3.63, 3.8) is 0 Å². The van der Waals surface area contributed by atoms with Gasteiger partial charge in [-0.15, -0.1) is 0 Å². The van der Waals surface area contributed by atoms with E-state index in [1.54, 1.807) is 0 Å². The van der Waals surface area contributed by atoms with E-state index in [1.807, 2.05) is 14.0 Å². The molecule has 1 aliphatic heterocycles. The lowest BCUT2D eigenvalue weighted by Crippen LogP contribution is -2.25. The molecule has 0 saturated carbocycles. The number of hydrogen-bond donors (Lipinski definition) is 1. The molecule has 1 aromatic heterocycles. The Hall–Kier alpha value is -1.09. The molecule has 0 aromatic carbocycles. The van der Waals surface area contributed by atoms with Crippen LogP contribution in [0.4, 0.5) is 5.69 Å². The summed E-state index contributed by atoms with van der Waals surface area (Å²) >= 11 is 0. The Morgan fingerprint density at radius 2 is 2.25 bits per heavy atom. The number of nitrogens with zero attached hydrogens (tertiary/aromatic N) is 2. The second kappa shape index (κ2) is 4.83. The molecule has 88 valence electrons. The van der Waals surface area contributed by atoms with Crippen LogP contribution in [0.15, 0.2) is 12.1 Å². The van der Waals surface area contributed by atoms with Gasteiger partial charge in [-0.25, -0.2) is 0 Å². The zero-order valence-electron chi connectivity index (χ0n) is 10.5. The molecular formula is C13H21N3. The van der Waals surface area contributed by atoms with Gasteiger partial charge in [0.2, 0.25) is 0 Å². The first-order valence-electron chi connectivity index (χ1n) is 6.04. The maximum Gasteiger partial charge on any atom is 0.0608 e. The van der Waals surface area contributed by atoms with E-state index in [9.17, 15) is 0 Å². The van der Waals surface area contributed by atoms with Gasteiger partial charge in [0.1, 0.15) is 0 Å². The summed E-state index contributed by atoms with van der Waals surface area (Å²) in [5.41, 5.74) is 3.57. The molecule has 0 amide bonds. The SMILES string of the molecule is CNCC1CCN(c2ccc(C)nc2C)C1. The Bertz CT molecular complexity index is 362. The van der Waals surface area contributed by atoms with Crippen molar-refractivity contribution in [1.29, 1.82) is 0 Å². The third-order valence-corrected chi connectivity index (χ3v) is 3.32. The van der Waals surface area contributed by atoms with Crippen LogP contribution in [-0.4, -0.2) is 31.7 Å². The molecule has 1 atom stereocenters. The van der Waals surface area contributed by atoms with Gasteiger partial charge >= 0.3 is 0 Å². The van der Waals surface area contributed by atoms with E-state index >= 15 is 0 Å². The molecule has 1 unspecified atom stereocenters. The van der Waals surface area contributed by atoms with Crippen molar-refractivity contribution in [1.82, 2.24) is 10.3 Å². The van der Waals surface area contributed by atoms with E-state index in [2.05, 4.69) is 34.3 Å². The lowest BCUT2D eigenvalue weighted by Gasteiger charge is -2.20. The van der Waals surface area contributed by atoms with Crippen LogP contribution in [0.2, 0.25) is 0 Å². The molecule has 1 aromatic rings. The second-order valence-electron chi connectivity index (χ2n) is 4.72. The van der Waals surface area contributed by atoms with E-state index in [0.717, 1.165) is 36.9 Å². The summed E-state index contributed by atoms with van der Waals surface area (Å²) < 4.78 is 0. The van der Waals surface area contributed by atoms with Crippen LogP contribution in [-0.2, 0) is 0 Å². The molecule has 0 aliphatic carbocycles. The number of aryl methyl sites for hydroxylation is 2. The smallest absolute Gasteiger partial charge is 0.0608 e. The van der Waals surface area contributed by atoms with Crippen LogP contribution in [0, 0.1) is 19.8 Å². The van der Waals surface area contributed by atoms with Crippen LogP contribution < -0.4 is 10.2 Å². The van der Waals surface area contributed by atoms with Gasteiger partial charge < -0.3 is 10.2 Å². The first-order valence-corrected chi connectivity index (χ1v) is 6.04. The molecule has 1 aliphatic rings. The minimum Gasteiger partial charge on any atom is -0.370 e. The minimum atomic E-state index is 0.783. The lowest BCUT2D eigenvalue weighted by atomic mass is 10.1. The molecular weight excluding hydrogens is 198 g/mol. The van der Waals surface area contributed by atoms with Gasteiger partial charge in [0.25, 0.3) is 0 Å². The highest BCUT2D eigenvalue weighted by molar-refractivity contribution is 5.51. The quantitative estimate of drug-likeness (QED) is 0.839. The number of hydrogen-bond acceptors (Lipinski definition) is 3. The fourth-order valence-corrected chi connectivity index (χ4v) is 2.52. The van der Waals surface area contributed by atoms with Gasteiger partial charge in [-0.1, -0.05) is 0 Å². The molecule has 1 fully saturated rings. The summed E-state index contributed by atoms with van der Waals surface area (Å²) in [7, 11) is 2.03. The van der Waals surface area contributed by atoms with Gasteiger partial charge in [0, 0.05) is 18.8 Å². The third kappa shape index (κ3) is 2.35. The van der Waals surface area contributed by atoms with E-state index in [-0.39, 0.29) is 0 Å². The average Bonchev–Trinajstić information content (AvgIpc) is 2.67. The normalized spacial score (nSPS) is 20.4. The maximum atomic E-state index is 4.53. The number of pyridine rings is 1. The molecule has 0 bridgehead atoms. The first kappa shape index (κ1) is 11.4. The minimum absolute atomic E-state index is 0.783. The standard InChI is InChI=1S/C13H21N3/c1-10-4-5-13(11(2)15-10)16-7-6-12(9-16)8-14-3/h4-5,12,14H,6-9H2,1-3H3. The molecule has 2 heterocycles. The van der Waals surface area contributed by atoms with Crippen molar-refractivity contribution >= 4 is 5.69 Å². The van der Waals surface area contributed by atoms with E-state index in [0.29, 0.717) is 0 Å². The zero-order chi connectivity index (χ0) is 11.5. The van der Waals surface area contributed by atoms with Gasteiger partial charge in [-0.2, -0.15) is 0 Å². The monoisotopic (exact) mass is 219 g/mol. The van der Waals surface area contributed by atoms with Crippen molar-refractivity contribution in [2.75, 3.05) is 31.6 Å². The number of rotatable bonds is 3. The van der Waals surface area contributed by atoms with E-state index in [1.165, 1.54) is 12.1 Å². The van der Waals surface area contributed by atoms with Crippen LogP contribution in [0.1, 0.15) is 17.8 Å². The lowest BCUT2D eigenvalue weighted by molar-refractivity contribution is 0.549. The molecule has 2 rings (SSSR count). The highest BCUT2D eigenvalue weighted by atomic mass is 15.2. The Morgan fingerprint density at radius 3 is 2.94 bits per heavy atom. The van der Waals surface area contributed by atoms with Crippen LogP contribution in [0.3, 0.4) is 0 Å². The van der Waals surface area contributed by atoms with Crippen molar-refractivity contribution in [3.8, 4) is 0 Å². The van der Waals surface area contributed by atoms with Gasteiger partial charge in [-0.05, 0) is 51.9 Å². The summed E-state index contributed by atoms with van der Waals surface area (Å²) in [4.78, 5) is 6.99. The van der Waals surface area contributed by atoms with Crippen molar-refractivity contribution in [3.05, 3.63) is 23.5 Å². The number of anilines is 1. The highest BCUT2D eigenvalue weighted by Crippen LogP contribution is 2.25. The topological polar surface area (TPSA) is 28.2 Å². The largest absolute Gasteiger partial charge is 0.370 e. The Morgan fingerprint density at radius 1 is 1.44 bits per heavy atom. The third-order valence-electron chi connectivity index (χ3n) is 3.32. The fourth-order valence-electron chi connectivity index (χ4n) is 2.52. The second-order valence-corrected chi connectivity index (χ2v) is 4.72. The Kier molecular flexibility index (Phi) is 3.44. The summed E-state index contributed by atoms with van der Waals surface area (Å²) in [6.45, 7) is 7.59. The molecule has 0 radical (unpaired) electrons. The average molecular weight is 219 g/mol. The molecule has 1 N–H and O–H groups in total. The van der Waals surface area contributed by atoms with Gasteiger partial charge in [0.05, 0.1) is 11.4 Å². The Labute approximate surface area is 97.9 Å². The molecule has 1 saturated heterocycles. The molecule has 3 nitrogen and oxygen atoms in total. The molecule has 0 spiro atoms. The van der Waals surface area contributed by atoms with E-state index < -0.39 is 0 Å². The summed E-state index contributed by atoms with van der Waals surface area (Å²) in [6.07, 6.45) is 1.29. The van der Waals surface area contributed by atoms with Crippen LogP contribution >= 0.6 is 0 Å². The fraction of sp³-hybridized carbons (Fsp3) is 0.615. The zero-order valence-corrected chi connectivity index (χ0v) is 10.5. The highest BCUT2D eigenvalue weighted by Gasteiger charge is 2.23. The summed E-state index contributed by atoms with van der Waals surface area (Å²) in [6, 6.07) is 4.31. The van der Waals surface area contributed by atoms with Gasteiger partial charge in [-0.3, -0.25) is 4.98 Å².